The predicted molar refractivity (Wildman–Crippen MR) is 62.5 cm³/mol. The first-order chi connectivity index (χ1) is 6.70. The van der Waals surface area contributed by atoms with Crippen molar-refractivity contribution in [2.24, 2.45) is 5.73 Å². The summed E-state index contributed by atoms with van der Waals surface area (Å²) in [4.78, 5) is 0. The maximum absolute atomic E-state index is 6.05. The molecule has 2 N–H and O–H groups in total. The lowest BCUT2D eigenvalue weighted by atomic mass is 10.0. The summed E-state index contributed by atoms with van der Waals surface area (Å²) in [7, 11) is 1.67. The molecule has 0 amide bonds. The van der Waals surface area contributed by atoms with Crippen LogP contribution < -0.4 is 10.5 Å². The largest absolute Gasteiger partial charge is 0.495 e. The van der Waals surface area contributed by atoms with Gasteiger partial charge in [-0.15, -0.1) is 0 Å². The number of benzene rings is 1. The van der Waals surface area contributed by atoms with Gasteiger partial charge in [-0.25, -0.2) is 0 Å². The molecule has 0 fully saturated rings. The maximum Gasteiger partial charge on any atom is 0.137 e. The van der Waals surface area contributed by atoms with E-state index in [0.717, 1.165) is 28.6 Å². The maximum atomic E-state index is 6.05. The van der Waals surface area contributed by atoms with E-state index in [1.807, 2.05) is 18.2 Å². The van der Waals surface area contributed by atoms with Crippen molar-refractivity contribution < 1.29 is 4.74 Å². The minimum atomic E-state index is 0.0625. The van der Waals surface area contributed by atoms with Gasteiger partial charge < -0.3 is 10.5 Å². The van der Waals surface area contributed by atoms with Crippen LogP contribution in [0, 0.1) is 0 Å². The molecule has 0 bridgehead atoms. The van der Waals surface area contributed by atoms with E-state index in [0.29, 0.717) is 0 Å². The van der Waals surface area contributed by atoms with Crippen molar-refractivity contribution >= 4 is 15.9 Å². The highest BCUT2D eigenvalue weighted by molar-refractivity contribution is 9.10. The average molecular weight is 258 g/mol. The van der Waals surface area contributed by atoms with Crippen LogP contribution in [0.15, 0.2) is 22.7 Å². The van der Waals surface area contributed by atoms with Crippen LogP contribution in [0.25, 0.3) is 0 Å². The Morgan fingerprint density at radius 2 is 2.21 bits per heavy atom. The molecular weight excluding hydrogens is 242 g/mol. The summed E-state index contributed by atoms with van der Waals surface area (Å²) in [5.41, 5.74) is 7.12. The van der Waals surface area contributed by atoms with E-state index in [1.54, 1.807) is 7.11 Å². The van der Waals surface area contributed by atoms with E-state index in [4.69, 9.17) is 10.5 Å². The van der Waals surface area contributed by atoms with Gasteiger partial charge in [0.2, 0.25) is 0 Å². The van der Waals surface area contributed by atoms with Crippen LogP contribution in [0.4, 0.5) is 0 Å². The second-order valence-electron chi connectivity index (χ2n) is 3.26. The summed E-state index contributed by atoms with van der Waals surface area (Å²) in [5.74, 6) is 0.855. The fraction of sp³-hybridized carbons (Fsp3) is 0.455. The molecular formula is C11H16BrNO. The smallest absolute Gasteiger partial charge is 0.137 e. The number of rotatable bonds is 4. The van der Waals surface area contributed by atoms with E-state index in [2.05, 4.69) is 22.9 Å². The molecule has 2 nitrogen and oxygen atoms in total. The minimum absolute atomic E-state index is 0.0625. The molecule has 0 aromatic heterocycles. The Morgan fingerprint density at radius 1 is 1.50 bits per heavy atom. The van der Waals surface area contributed by atoms with Gasteiger partial charge >= 0.3 is 0 Å². The molecule has 0 radical (unpaired) electrons. The molecule has 0 heterocycles. The summed E-state index contributed by atoms with van der Waals surface area (Å²) in [6.45, 7) is 2.13. The normalized spacial score (nSPS) is 12.6. The molecule has 0 aliphatic heterocycles. The molecule has 14 heavy (non-hydrogen) atoms. The highest BCUT2D eigenvalue weighted by atomic mass is 79.9. The average Bonchev–Trinajstić information content (AvgIpc) is 2.17. The molecule has 0 saturated heterocycles. The third-order valence-electron chi connectivity index (χ3n) is 2.20. The number of hydrogen-bond acceptors (Lipinski definition) is 2. The summed E-state index contributed by atoms with van der Waals surface area (Å²) in [6.07, 6.45) is 2.06. The molecule has 1 atom stereocenters. The van der Waals surface area contributed by atoms with Crippen LogP contribution in [0.5, 0.6) is 5.75 Å². The zero-order valence-corrected chi connectivity index (χ0v) is 10.2. The number of halogens is 1. The second-order valence-corrected chi connectivity index (χ2v) is 4.11. The first kappa shape index (κ1) is 11.5. The molecule has 0 saturated carbocycles. The predicted octanol–water partition coefficient (Wildman–Crippen LogP) is 3.26. The van der Waals surface area contributed by atoms with Gasteiger partial charge in [-0.05, 0) is 28.4 Å². The summed E-state index contributed by atoms with van der Waals surface area (Å²) in [6, 6.07) is 6.02. The van der Waals surface area contributed by atoms with Gasteiger partial charge in [-0.3, -0.25) is 0 Å². The van der Waals surface area contributed by atoms with E-state index in [-0.39, 0.29) is 6.04 Å². The van der Waals surface area contributed by atoms with Gasteiger partial charge in [0, 0.05) is 11.6 Å². The molecule has 1 aromatic carbocycles. The van der Waals surface area contributed by atoms with Crippen LogP contribution in [0.3, 0.4) is 0 Å². The van der Waals surface area contributed by atoms with Crippen molar-refractivity contribution in [3.05, 3.63) is 28.2 Å². The molecule has 0 spiro atoms. The summed E-state index contributed by atoms with van der Waals surface area (Å²) >= 11 is 3.45. The van der Waals surface area contributed by atoms with Crippen LogP contribution >= 0.6 is 15.9 Å². The van der Waals surface area contributed by atoms with Gasteiger partial charge in [0.25, 0.3) is 0 Å². The number of para-hydroxylation sites is 1. The fourth-order valence-corrected chi connectivity index (χ4v) is 2.04. The lowest BCUT2D eigenvalue weighted by Crippen LogP contribution is -2.11. The van der Waals surface area contributed by atoms with Crippen molar-refractivity contribution in [2.45, 2.75) is 25.8 Å². The van der Waals surface area contributed by atoms with Gasteiger partial charge in [0.15, 0.2) is 0 Å². The number of methoxy groups -OCH3 is 1. The van der Waals surface area contributed by atoms with Crippen LogP contribution in [-0.4, -0.2) is 7.11 Å². The van der Waals surface area contributed by atoms with E-state index >= 15 is 0 Å². The van der Waals surface area contributed by atoms with Crippen molar-refractivity contribution in [1.29, 1.82) is 0 Å². The molecule has 1 aromatic rings. The standard InChI is InChI=1S/C11H16BrNO/c1-3-5-10(13)8-6-4-7-9(12)11(8)14-2/h4,6-7,10H,3,5,13H2,1-2H3. The highest BCUT2D eigenvalue weighted by Gasteiger charge is 2.12. The van der Waals surface area contributed by atoms with Gasteiger partial charge in [0.1, 0.15) is 5.75 Å². The zero-order chi connectivity index (χ0) is 10.6. The number of ether oxygens (including phenoxy) is 1. The first-order valence-corrected chi connectivity index (χ1v) is 5.58. The quantitative estimate of drug-likeness (QED) is 0.899. The Labute approximate surface area is 93.6 Å². The summed E-state index contributed by atoms with van der Waals surface area (Å²) in [5, 5.41) is 0. The summed E-state index contributed by atoms with van der Waals surface area (Å²) < 4.78 is 6.28. The molecule has 1 rings (SSSR count). The SMILES string of the molecule is CCCC(N)c1cccc(Br)c1OC. The van der Waals surface area contributed by atoms with Crippen molar-refractivity contribution in [2.75, 3.05) is 7.11 Å². The molecule has 3 heteroatoms. The van der Waals surface area contributed by atoms with E-state index in [9.17, 15) is 0 Å². The van der Waals surface area contributed by atoms with E-state index < -0.39 is 0 Å². The van der Waals surface area contributed by atoms with Gasteiger partial charge in [-0.2, -0.15) is 0 Å². The van der Waals surface area contributed by atoms with Gasteiger partial charge in [-0.1, -0.05) is 25.5 Å². The molecule has 1 unspecified atom stereocenters. The second kappa shape index (κ2) is 5.37. The Morgan fingerprint density at radius 3 is 2.79 bits per heavy atom. The third kappa shape index (κ3) is 2.49. The molecule has 78 valence electrons. The zero-order valence-electron chi connectivity index (χ0n) is 8.59. The first-order valence-electron chi connectivity index (χ1n) is 4.78. The Hall–Kier alpha value is -0.540. The Bertz CT molecular complexity index is 301. The Balaban J connectivity index is 3.00. The minimum Gasteiger partial charge on any atom is -0.495 e. The fourth-order valence-electron chi connectivity index (χ4n) is 1.50. The third-order valence-corrected chi connectivity index (χ3v) is 2.83. The van der Waals surface area contributed by atoms with E-state index in [1.165, 1.54) is 0 Å². The van der Waals surface area contributed by atoms with Crippen molar-refractivity contribution in [3.63, 3.8) is 0 Å². The lowest BCUT2D eigenvalue weighted by Gasteiger charge is -2.15. The number of hydrogen-bond donors (Lipinski definition) is 1. The van der Waals surface area contributed by atoms with Crippen molar-refractivity contribution in [3.8, 4) is 5.75 Å². The van der Waals surface area contributed by atoms with Crippen molar-refractivity contribution in [1.82, 2.24) is 0 Å². The monoisotopic (exact) mass is 257 g/mol. The van der Waals surface area contributed by atoms with Crippen LogP contribution in [0.2, 0.25) is 0 Å². The molecule has 0 aliphatic rings. The number of nitrogens with two attached hydrogens (primary N) is 1. The van der Waals surface area contributed by atoms with Crippen LogP contribution in [0.1, 0.15) is 31.4 Å². The molecule has 0 aliphatic carbocycles. The van der Waals surface area contributed by atoms with Crippen LogP contribution in [-0.2, 0) is 0 Å². The Kier molecular flexibility index (Phi) is 4.42. The topological polar surface area (TPSA) is 35.2 Å². The lowest BCUT2D eigenvalue weighted by molar-refractivity contribution is 0.401. The highest BCUT2D eigenvalue weighted by Crippen LogP contribution is 2.33. The van der Waals surface area contributed by atoms with Gasteiger partial charge in [0.05, 0.1) is 11.6 Å².